The van der Waals surface area contributed by atoms with Crippen LogP contribution in [0.15, 0.2) is 60.8 Å². The van der Waals surface area contributed by atoms with E-state index >= 15 is 0 Å². The topological polar surface area (TPSA) is 47.3 Å². The predicted octanol–water partition coefficient (Wildman–Crippen LogP) is 5.18. The van der Waals surface area contributed by atoms with E-state index in [4.69, 9.17) is 23.2 Å². The van der Waals surface area contributed by atoms with Gasteiger partial charge >= 0.3 is 0 Å². The smallest absolute Gasteiger partial charge is 0.166 e. The van der Waals surface area contributed by atoms with Gasteiger partial charge in [-0.25, -0.2) is 9.50 Å². The summed E-state index contributed by atoms with van der Waals surface area (Å²) in [7, 11) is 0. The maximum Gasteiger partial charge on any atom is 0.166 e. The first-order valence-corrected chi connectivity index (χ1v) is 8.28. The largest absolute Gasteiger partial charge is 0.298 e. The molecule has 25 heavy (non-hydrogen) atoms. The lowest BCUT2D eigenvalue weighted by Gasteiger charge is -2.02. The Hall–Kier alpha value is -2.69. The number of carbonyl (C=O) groups excluding carboxylic acids is 1. The van der Waals surface area contributed by atoms with Crippen LogP contribution in [-0.4, -0.2) is 20.9 Å². The third-order valence-electron chi connectivity index (χ3n) is 3.90. The normalized spacial score (nSPS) is 11.0. The lowest BCUT2D eigenvalue weighted by Crippen LogP contribution is -1.93. The van der Waals surface area contributed by atoms with Crippen LogP contribution in [0, 0.1) is 0 Å². The quantitative estimate of drug-likeness (QED) is 0.468. The number of hydrogen-bond acceptors (Lipinski definition) is 3. The third kappa shape index (κ3) is 2.90. The van der Waals surface area contributed by atoms with Crippen LogP contribution in [0.3, 0.4) is 0 Å². The van der Waals surface area contributed by atoms with Crippen molar-refractivity contribution in [3.05, 3.63) is 76.4 Å². The molecular formula is C19H11Cl2N3O. The first-order valence-electron chi connectivity index (χ1n) is 7.52. The fraction of sp³-hybridized carbons (Fsp3) is 0. The molecule has 0 saturated heterocycles. The van der Waals surface area contributed by atoms with E-state index in [1.807, 2.05) is 30.3 Å². The van der Waals surface area contributed by atoms with Crippen molar-refractivity contribution < 1.29 is 4.79 Å². The SMILES string of the molecule is O=Cc1c(-c2ccc(Cl)cc2)nn2ccc(-c3ccc(Cl)cc3)nc12. The van der Waals surface area contributed by atoms with Crippen molar-refractivity contribution in [2.45, 2.75) is 0 Å². The highest BCUT2D eigenvalue weighted by atomic mass is 35.5. The summed E-state index contributed by atoms with van der Waals surface area (Å²) in [5.74, 6) is 0. The molecule has 0 unspecified atom stereocenters. The van der Waals surface area contributed by atoms with Gasteiger partial charge in [0.2, 0.25) is 0 Å². The number of hydrogen-bond donors (Lipinski definition) is 0. The maximum absolute atomic E-state index is 11.7. The molecule has 122 valence electrons. The van der Waals surface area contributed by atoms with Crippen LogP contribution >= 0.6 is 23.2 Å². The monoisotopic (exact) mass is 367 g/mol. The second-order valence-corrected chi connectivity index (χ2v) is 6.35. The third-order valence-corrected chi connectivity index (χ3v) is 4.40. The average molecular weight is 368 g/mol. The van der Waals surface area contributed by atoms with Crippen LogP contribution in [0.1, 0.15) is 10.4 Å². The van der Waals surface area contributed by atoms with Crippen molar-refractivity contribution in [2.75, 3.05) is 0 Å². The Labute approximate surface area is 153 Å². The summed E-state index contributed by atoms with van der Waals surface area (Å²) in [5.41, 5.74) is 4.00. The van der Waals surface area contributed by atoms with E-state index in [-0.39, 0.29) is 0 Å². The van der Waals surface area contributed by atoms with Crippen LogP contribution in [0.4, 0.5) is 0 Å². The van der Waals surface area contributed by atoms with Crippen LogP contribution in [0.5, 0.6) is 0 Å². The zero-order valence-electron chi connectivity index (χ0n) is 12.9. The lowest BCUT2D eigenvalue weighted by molar-refractivity contribution is 0.112. The van der Waals surface area contributed by atoms with Crippen LogP contribution < -0.4 is 0 Å². The average Bonchev–Trinajstić information content (AvgIpc) is 3.00. The molecule has 6 heteroatoms. The summed E-state index contributed by atoms with van der Waals surface area (Å²) < 4.78 is 1.60. The van der Waals surface area contributed by atoms with E-state index in [0.717, 1.165) is 23.1 Å². The van der Waals surface area contributed by atoms with Gasteiger partial charge in [-0.05, 0) is 30.3 Å². The Morgan fingerprint density at radius 2 is 1.44 bits per heavy atom. The lowest BCUT2D eigenvalue weighted by atomic mass is 10.1. The van der Waals surface area contributed by atoms with Crippen LogP contribution in [-0.2, 0) is 0 Å². The standard InChI is InChI=1S/C19H11Cl2N3O/c20-14-5-1-12(2-6-14)17-9-10-24-19(22-17)16(11-25)18(23-24)13-3-7-15(21)8-4-13/h1-11H. The van der Waals surface area contributed by atoms with E-state index < -0.39 is 0 Å². The maximum atomic E-state index is 11.7. The summed E-state index contributed by atoms with van der Waals surface area (Å²) in [5, 5.41) is 5.78. The minimum atomic E-state index is 0.443. The summed E-state index contributed by atoms with van der Waals surface area (Å²) in [6, 6.07) is 16.4. The van der Waals surface area contributed by atoms with Gasteiger partial charge in [-0.3, -0.25) is 4.79 Å². The zero-order chi connectivity index (χ0) is 17.4. The van der Waals surface area contributed by atoms with E-state index in [1.165, 1.54) is 0 Å². The van der Waals surface area contributed by atoms with Crippen LogP contribution in [0.25, 0.3) is 28.2 Å². The summed E-state index contributed by atoms with van der Waals surface area (Å²) in [6.07, 6.45) is 2.57. The highest BCUT2D eigenvalue weighted by Crippen LogP contribution is 2.27. The highest BCUT2D eigenvalue weighted by Gasteiger charge is 2.16. The number of nitrogens with zero attached hydrogens (tertiary/aromatic N) is 3. The van der Waals surface area contributed by atoms with Crippen molar-refractivity contribution in [1.82, 2.24) is 14.6 Å². The van der Waals surface area contributed by atoms with Crippen molar-refractivity contribution >= 4 is 35.1 Å². The van der Waals surface area contributed by atoms with E-state index in [0.29, 0.717) is 26.9 Å². The van der Waals surface area contributed by atoms with Crippen molar-refractivity contribution in [1.29, 1.82) is 0 Å². The second-order valence-electron chi connectivity index (χ2n) is 5.47. The van der Waals surface area contributed by atoms with E-state index in [2.05, 4.69) is 10.1 Å². The molecule has 4 aromatic rings. The molecular weight excluding hydrogens is 357 g/mol. The second kappa shape index (κ2) is 6.31. The molecule has 2 aromatic heterocycles. The molecule has 0 bridgehead atoms. The molecule has 0 aliphatic heterocycles. The number of carbonyl (C=O) groups is 1. The Balaban J connectivity index is 1.88. The van der Waals surface area contributed by atoms with Crippen molar-refractivity contribution in [3.8, 4) is 22.5 Å². The van der Waals surface area contributed by atoms with Gasteiger partial charge in [0.15, 0.2) is 11.9 Å². The van der Waals surface area contributed by atoms with Crippen molar-refractivity contribution in [3.63, 3.8) is 0 Å². The number of halogens is 2. The molecule has 2 aromatic carbocycles. The first kappa shape index (κ1) is 15.8. The van der Waals surface area contributed by atoms with Gasteiger partial charge in [0.1, 0.15) is 5.69 Å². The molecule has 0 radical (unpaired) electrons. The minimum Gasteiger partial charge on any atom is -0.298 e. The Bertz CT molecular complexity index is 1070. The number of fused-ring (bicyclic) bond motifs is 1. The van der Waals surface area contributed by atoms with Gasteiger partial charge < -0.3 is 0 Å². The molecule has 0 amide bonds. The van der Waals surface area contributed by atoms with Gasteiger partial charge in [-0.2, -0.15) is 5.10 Å². The molecule has 2 heterocycles. The first-order chi connectivity index (χ1) is 12.2. The summed E-state index contributed by atoms with van der Waals surface area (Å²) in [4.78, 5) is 16.3. The Kier molecular flexibility index (Phi) is 3.99. The van der Waals surface area contributed by atoms with Crippen molar-refractivity contribution in [2.24, 2.45) is 0 Å². The summed E-state index contributed by atoms with van der Waals surface area (Å²) >= 11 is 11.9. The number of aldehydes is 1. The molecule has 0 fully saturated rings. The fourth-order valence-corrected chi connectivity index (χ4v) is 2.91. The van der Waals surface area contributed by atoms with Gasteiger partial charge in [0.25, 0.3) is 0 Å². The highest BCUT2D eigenvalue weighted by molar-refractivity contribution is 6.30. The molecule has 0 aliphatic carbocycles. The molecule has 0 N–H and O–H groups in total. The number of aromatic nitrogens is 3. The Morgan fingerprint density at radius 3 is 2.04 bits per heavy atom. The van der Waals surface area contributed by atoms with E-state index in [9.17, 15) is 4.79 Å². The van der Waals surface area contributed by atoms with Gasteiger partial charge in [-0.15, -0.1) is 0 Å². The molecule has 0 spiro atoms. The Morgan fingerprint density at radius 1 is 0.840 bits per heavy atom. The number of benzene rings is 2. The fourth-order valence-electron chi connectivity index (χ4n) is 2.66. The van der Waals surface area contributed by atoms with Crippen LogP contribution in [0.2, 0.25) is 10.0 Å². The van der Waals surface area contributed by atoms with Gasteiger partial charge in [0.05, 0.1) is 11.3 Å². The molecule has 0 aliphatic rings. The molecule has 0 saturated carbocycles. The zero-order valence-corrected chi connectivity index (χ0v) is 14.4. The molecule has 4 nitrogen and oxygen atoms in total. The summed E-state index contributed by atoms with van der Waals surface area (Å²) in [6.45, 7) is 0. The number of rotatable bonds is 3. The van der Waals surface area contributed by atoms with Gasteiger partial charge in [-0.1, -0.05) is 47.5 Å². The van der Waals surface area contributed by atoms with E-state index in [1.54, 1.807) is 35.0 Å². The minimum absolute atomic E-state index is 0.443. The predicted molar refractivity (Wildman–Crippen MR) is 99.3 cm³/mol. The molecule has 4 rings (SSSR count). The van der Waals surface area contributed by atoms with Gasteiger partial charge in [0, 0.05) is 27.4 Å². The molecule has 0 atom stereocenters.